The largest absolute Gasteiger partial charge is 0.493 e. The van der Waals surface area contributed by atoms with E-state index in [1.807, 2.05) is 29.8 Å². The van der Waals surface area contributed by atoms with Gasteiger partial charge in [-0.05, 0) is 30.5 Å². The SMILES string of the molecule is CCCn1ncc(OC)c1C(O)c1cccc(Br)c1C. The number of hydrogen-bond acceptors (Lipinski definition) is 3. The average molecular weight is 339 g/mol. The van der Waals surface area contributed by atoms with Gasteiger partial charge >= 0.3 is 0 Å². The topological polar surface area (TPSA) is 47.3 Å². The van der Waals surface area contributed by atoms with Gasteiger partial charge in [0.1, 0.15) is 11.8 Å². The van der Waals surface area contributed by atoms with Crippen molar-refractivity contribution in [2.24, 2.45) is 0 Å². The third kappa shape index (κ3) is 2.74. The molecule has 0 radical (unpaired) electrons. The van der Waals surface area contributed by atoms with Crippen molar-refractivity contribution in [2.45, 2.75) is 32.9 Å². The molecule has 0 bridgehead atoms. The van der Waals surface area contributed by atoms with E-state index in [1.54, 1.807) is 13.3 Å². The summed E-state index contributed by atoms with van der Waals surface area (Å²) in [6.07, 6.45) is 1.85. The van der Waals surface area contributed by atoms with E-state index in [0.717, 1.165) is 28.6 Å². The van der Waals surface area contributed by atoms with Gasteiger partial charge in [-0.1, -0.05) is 35.0 Å². The Labute approximate surface area is 127 Å². The molecule has 0 spiro atoms. The van der Waals surface area contributed by atoms with Crippen LogP contribution in [0.3, 0.4) is 0 Å². The summed E-state index contributed by atoms with van der Waals surface area (Å²) >= 11 is 3.50. The standard InChI is InChI=1S/C15H19BrN2O2/c1-4-8-18-14(13(20-3)9-17-18)15(19)11-6-5-7-12(16)10(11)2/h5-7,9,15,19H,4,8H2,1-3H3. The first-order valence-corrected chi connectivity index (χ1v) is 7.42. The van der Waals surface area contributed by atoms with Crippen molar-refractivity contribution in [2.75, 3.05) is 7.11 Å². The molecule has 1 N–H and O–H groups in total. The Kier molecular flexibility index (Phi) is 4.83. The van der Waals surface area contributed by atoms with Crippen molar-refractivity contribution in [3.8, 4) is 5.75 Å². The average Bonchev–Trinajstić information content (AvgIpc) is 2.84. The molecule has 0 aliphatic rings. The Balaban J connectivity index is 2.49. The van der Waals surface area contributed by atoms with Crippen LogP contribution in [0.2, 0.25) is 0 Å². The van der Waals surface area contributed by atoms with Crippen LogP contribution in [-0.4, -0.2) is 22.0 Å². The van der Waals surface area contributed by atoms with Crippen molar-refractivity contribution in [3.63, 3.8) is 0 Å². The van der Waals surface area contributed by atoms with Crippen molar-refractivity contribution in [1.29, 1.82) is 0 Å². The Morgan fingerprint density at radius 3 is 2.85 bits per heavy atom. The van der Waals surface area contributed by atoms with Crippen LogP contribution < -0.4 is 4.74 Å². The van der Waals surface area contributed by atoms with E-state index in [4.69, 9.17) is 4.74 Å². The highest BCUT2D eigenvalue weighted by atomic mass is 79.9. The van der Waals surface area contributed by atoms with Gasteiger partial charge in [-0.25, -0.2) is 0 Å². The monoisotopic (exact) mass is 338 g/mol. The number of nitrogens with zero attached hydrogens (tertiary/aromatic N) is 2. The molecule has 1 aromatic carbocycles. The second-order valence-electron chi connectivity index (χ2n) is 4.68. The molecule has 4 nitrogen and oxygen atoms in total. The molecule has 0 saturated carbocycles. The molecule has 0 fully saturated rings. The molecular weight excluding hydrogens is 320 g/mol. The first-order valence-electron chi connectivity index (χ1n) is 6.62. The second kappa shape index (κ2) is 6.41. The number of benzene rings is 1. The number of aromatic nitrogens is 2. The molecule has 1 atom stereocenters. The van der Waals surface area contributed by atoms with E-state index in [-0.39, 0.29) is 0 Å². The molecule has 108 valence electrons. The van der Waals surface area contributed by atoms with E-state index < -0.39 is 6.10 Å². The van der Waals surface area contributed by atoms with Crippen LogP contribution in [-0.2, 0) is 6.54 Å². The third-order valence-electron chi connectivity index (χ3n) is 3.36. The van der Waals surface area contributed by atoms with E-state index in [1.165, 1.54) is 0 Å². The smallest absolute Gasteiger partial charge is 0.163 e. The van der Waals surface area contributed by atoms with E-state index >= 15 is 0 Å². The number of aryl methyl sites for hydroxylation is 1. The van der Waals surface area contributed by atoms with Crippen molar-refractivity contribution in [3.05, 3.63) is 45.7 Å². The molecule has 5 heteroatoms. The zero-order chi connectivity index (χ0) is 14.7. The number of rotatable bonds is 5. The predicted octanol–water partition coefficient (Wildman–Crippen LogP) is 3.45. The molecule has 0 saturated heterocycles. The molecule has 2 aromatic rings. The zero-order valence-corrected chi connectivity index (χ0v) is 13.5. The molecule has 1 unspecified atom stereocenters. The number of hydrogen-bond donors (Lipinski definition) is 1. The van der Waals surface area contributed by atoms with Gasteiger partial charge in [-0.15, -0.1) is 0 Å². The van der Waals surface area contributed by atoms with Gasteiger partial charge in [-0.3, -0.25) is 4.68 Å². The van der Waals surface area contributed by atoms with Crippen molar-refractivity contribution >= 4 is 15.9 Å². The minimum Gasteiger partial charge on any atom is -0.493 e. The lowest BCUT2D eigenvalue weighted by atomic mass is 10.0. The summed E-state index contributed by atoms with van der Waals surface area (Å²) in [5.74, 6) is 0.616. The third-order valence-corrected chi connectivity index (χ3v) is 4.22. The van der Waals surface area contributed by atoms with Crippen LogP contribution >= 0.6 is 15.9 Å². The first-order chi connectivity index (χ1) is 9.60. The van der Waals surface area contributed by atoms with Crippen LogP contribution in [0, 0.1) is 6.92 Å². The van der Waals surface area contributed by atoms with Crippen molar-refractivity contribution < 1.29 is 9.84 Å². The first kappa shape index (κ1) is 15.1. The Morgan fingerprint density at radius 2 is 2.20 bits per heavy atom. The summed E-state index contributed by atoms with van der Waals surface area (Å²) in [6, 6.07) is 5.81. The molecule has 1 aromatic heterocycles. The summed E-state index contributed by atoms with van der Waals surface area (Å²) < 4.78 is 8.12. The molecular formula is C15H19BrN2O2. The summed E-state index contributed by atoms with van der Waals surface area (Å²) in [7, 11) is 1.59. The van der Waals surface area contributed by atoms with E-state index in [2.05, 4.69) is 28.0 Å². The number of aliphatic hydroxyl groups excluding tert-OH is 1. The number of ether oxygens (including phenoxy) is 1. The van der Waals surface area contributed by atoms with Crippen LogP contribution in [0.25, 0.3) is 0 Å². The summed E-state index contributed by atoms with van der Waals surface area (Å²) in [5, 5.41) is 15.0. The Hall–Kier alpha value is -1.33. The van der Waals surface area contributed by atoms with Gasteiger partial charge in [0.2, 0.25) is 0 Å². The normalized spacial score (nSPS) is 12.4. The number of aliphatic hydroxyl groups is 1. The predicted molar refractivity (Wildman–Crippen MR) is 82.0 cm³/mol. The van der Waals surface area contributed by atoms with Gasteiger partial charge in [0.05, 0.1) is 13.3 Å². The maximum Gasteiger partial charge on any atom is 0.163 e. The van der Waals surface area contributed by atoms with Gasteiger partial charge in [-0.2, -0.15) is 5.10 Å². The highest BCUT2D eigenvalue weighted by Crippen LogP contribution is 2.33. The van der Waals surface area contributed by atoms with Gasteiger partial charge in [0, 0.05) is 11.0 Å². The molecule has 20 heavy (non-hydrogen) atoms. The summed E-state index contributed by atoms with van der Waals surface area (Å²) in [4.78, 5) is 0. The molecule has 0 aliphatic carbocycles. The quantitative estimate of drug-likeness (QED) is 0.908. The van der Waals surface area contributed by atoms with Crippen LogP contribution in [0.5, 0.6) is 5.75 Å². The fourth-order valence-corrected chi connectivity index (χ4v) is 2.65. The lowest BCUT2D eigenvalue weighted by Gasteiger charge is -2.17. The Morgan fingerprint density at radius 1 is 1.45 bits per heavy atom. The van der Waals surface area contributed by atoms with E-state index in [9.17, 15) is 5.11 Å². The molecule has 0 amide bonds. The minimum atomic E-state index is -0.753. The van der Waals surface area contributed by atoms with Gasteiger partial charge < -0.3 is 9.84 Å². The fraction of sp³-hybridized carbons (Fsp3) is 0.400. The number of halogens is 1. The summed E-state index contributed by atoms with van der Waals surface area (Å²) in [5.41, 5.74) is 2.58. The maximum atomic E-state index is 10.7. The van der Waals surface area contributed by atoms with Crippen molar-refractivity contribution in [1.82, 2.24) is 9.78 Å². The minimum absolute atomic E-state index is 0.616. The lowest BCUT2D eigenvalue weighted by molar-refractivity contribution is 0.201. The number of methoxy groups -OCH3 is 1. The van der Waals surface area contributed by atoms with E-state index in [0.29, 0.717) is 11.4 Å². The maximum absolute atomic E-state index is 10.7. The van der Waals surface area contributed by atoms with Crippen LogP contribution in [0.4, 0.5) is 0 Å². The molecule has 1 heterocycles. The highest BCUT2D eigenvalue weighted by molar-refractivity contribution is 9.10. The van der Waals surface area contributed by atoms with Crippen LogP contribution in [0.1, 0.15) is 36.3 Å². The molecule has 0 aliphatic heterocycles. The van der Waals surface area contributed by atoms with Gasteiger partial charge in [0.25, 0.3) is 0 Å². The fourth-order valence-electron chi connectivity index (χ4n) is 2.27. The highest BCUT2D eigenvalue weighted by Gasteiger charge is 2.23. The van der Waals surface area contributed by atoms with Crippen LogP contribution in [0.15, 0.2) is 28.9 Å². The van der Waals surface area contributed by atoms with Gasteiger partial charge in [0.15, 0.2) is 5.75 Å². The summed E-state index contributed by atoms with van der Waals surface area (Å²) in [6.45, 7) is 4.81. The molecule has 2 rings (SSSR count). The second-order valence-corrected chi connectivity index (χ2v) is 5.53. The Bertz CT molecular complexity index is 596. The lowest BCUT2D eigenvalue weighted by Crippen LogP contribution is -2.12. The zero-order valence-electron chi connectivity index (χ0n) is 11.9.